The van der Waals surface area contributed by atoms with Gasteiger partial charge in [0.1, 0.15) is 24.2 Å². The average Bonchev–Trinajstić information content (AvgIpc) is 3.35. The molecule has 2 atom stereocenters. The van der Waals surface area contributed by atoms with Crippen LogP contribution in [0.3, 0.4) is 0 Å². The first-order valence-electron chi connectivity index (χ1n) is 11.1. The van der Waals surface area contributed by atoms with Crippen molar-refractivity contribution in [2.75, 3.05) is 39.9 Å². The maximum atomic E-state index is 10.4. The van der Waals surface area contributed by atoms with Gasteiger partial charge in [-0.3, -0.25) is 4.90 Å². The molecule has 5 nitrogen and oxygen atoms in total. The molecule has 1 heterocycles. The van der Waals surface area contributed by atoms with E-state index in [-0.39, 0.29) is 6.61 Å². The van der Waals surface area contributed by atoms with Crippen molar-refractivity contribution in [2.45, 2.75) is 25.0 Å². The largest absolute Gasteiger partial charge is 0.497 e. The van der Waals surface area contributed by atoms with Crippen molar-refractivity contribution in [3.05, 3.63) is 72.3 Å². The van der Waals surface area contributed by atoms with E-state index in [9.17, 15) is 5.11 Å². The Hall–Kier alpha value is -2.60. The van der Waals surface area contributed by atoms with E-state index in [4.69, 9.17) is 9.47 Å². The first-order chi connectivity index (χ1) is 15.2. The van der Waals surface area contributed by atoms with E-state index in [0.717, 1.165) is 36.5 Å². The van der Waals surface area contributed by atoms with Crippen LogP contribution in [0.1, 0.15) is 24.4 Å². The predicted molar refractivity (Wildman–Crippen MR) is 125 cm³/mol. The lowest BCUT2D eigenvalue weighted by Gasteiger charge is -2.29. The van der Waals surface area contributed by atoms with Gasteiger partial charge in [0.15, 0.2) is 0 Å². The molecule has 0 radical (unpaired) electrons. The van der Waals surface area contributed by atoms with Crippen molar-refractivity contribution in [3.8, 4) is 11.5 Å². The lowest BCUT2D eigenvalue weighted by Crippen LogP contribution is -2.38. The van der Waals surface area contributed by atoms with Crippen molar-refractivity contribution in [3.63, 3.8) is 0 Å². The fraction of sp³-hybridized carbons (Fsp3) is 0.385. The fourth-order valence-corrected chi connectivity index (χ4v) is 4.23. The van der Waals surface area contributed by atoms with Crippen molar-refractivity contribution in [1.29, 1.82) is 0 Å². The minimum atomic E-state index is -0.568. The van der Waals surface area contributed by atoms with Gasteiger partial charge in [0.25, 0.3) is 0 Å². The molecule has 1 fully saturated rings. The van der Waals surface area contributed by atoms with Crippen LogP contribution in [0, 0.1) is 0 Å². The summed E-state index contributed by atoms with van der Waals surface area (Å²) in [7, 11) is 1.69. The molecule has 1 aliphatic rings. The highest BCUT2D eigenvalue weighted by molar-refractivity contribution is 5.83. The quantitative estimate of drug-likeness (QED) is 0.519. The number of ether oxygens (including phenoxy) is 2. The normalized spacial score (nSPS) is 16.3. The summed E-state index contributed by atoms with van der Waals surface area (Å²) in [6.45, 7) is 3.79. The van der Waals surface area contributed by atoms with Crippen LogP contribution in [0.15, 0.2) is 66.7 Å². The number of benzene rings is 3. The van der Waals surface area contributed by atoms with E-state index in [2.05, 4.69) is 34.5 Å². The molecule has 0 aromatic heterocycles. The topological polar surface area (TPSA) is 54.0 Å². The van der Waals surface area contributed by atoms with Crippen LogP contribution in [-0.4, -0.2) is 56.0 Å². The number of fused-ring (bicyclic) bond motifs is 1. The van der Waals surface area contributed by atoms with Crippen LogP contribution < -0.4 is 14.8 Å². The zero-order chi connectivity index (χ0) is 21.5. The second-order valence-corrected chi connectivity index (χ2v) is 8.16. The zero-order valence-corrected chi connectivity index (χ0v) is 18.2. The predicted octanol–water partition coefficient (Wildman–Crippen LogP) is 4.01. The van der Waals surface area contributed by atoms with Gasteiger partial charge in [-0.25, -0.2) is 0 Å². The molecule has 31 heavy (non-hydrogen) atoms. The van der Waals surface area contributed by atoms with Gasteiger partial charge in [-0.15, -0.1) is 0 Å². The van der Waals surface area contributed by atoms with Gasteiger partial charge in [-0.05, 0) is 66.5 Å². The average molecular weight is 421 g/mol. The van der Waals surface area contributed by atoms with Crippen LogP contribution in [0.5, 0.6) is 11.5 Å². The lowest BCUT2D eigenvalue weighted by atomic mass is 10.1. The van der Waals surface area contributed by atoms with Gasteiger partial charge >= 0.3 is 0 Å². The van der Waals surface area contributed by atoms with Gasteiger partial charge < -0.3 is 19.9 Å². The Balaban J connectivity index is 1.28. The number of nitrogens with zero attached hydrogens (tertiary/aromatic N) is 1. The number of hydrogen-bond acceptors (Lipinski definition) is 5. The van der Waals surface area contributed by atoms with Gasteiger partial charge in [-0.2, -0.15) is 0 Å². The maximum Gasteiger partial charge on any atom is 0.120 e. The zero-order valence-electron chi connectivity index (χ0n) is 18.2. The van der Waals surface area contributed by atoms with Gasteiger partial charge in [0.05, 0.1) is 7.11 Å². The van der Waals surface area contributed by atoms with Crippen LogP contribution in [0.2, 0.25) is 0 Å². The Morgan fingerprint density at radius 2 is 1.61 bits per heavy atom. The van der Waals surface area contributed by atoms with Crippen LogP contribution in [-0.2, 0) is 0 Å². The Morgan fingerprint density at radius 1 is 0.903 bits per heavy atom. The molecule has 0 amide bonds. The number of nitrogens with one attached hydrogen (secondary N) is 1. The SMILES string of the molecule is COc1ccc([C@H](CNC[C@@H](O)COc2ccc3ccccc3c2)N2CCCC2)cc1. The number of aliphatic hydroxyl groups is 1. The van der Waals surface area contributed by atoms with Crippen molar-refractivity contribution in [2.24, 2.45) is 0 Å². The second kappa shape index (κ2) is 10.6. The van der Waals surface area contributed by atoms with Crippen LogP contribution >= 0.6 is 0 Å². The van der Waals surface area contributed by atoms with E-state index >= 15 is 0 Å². The molecule has 164 valence electrons. The summed E-state index contributed by atoms with van der Waals surface area (Å²) in [5.41, 5.74) is 1.28. The number of aliphatic hydroxyl groups excluding tert-OH is 1. The number of rotatable bonds is 10. The van der Waals surface area contributed by atoms with Crippen LogP contribution in [0.25, 0.3) is 10.8 Å². The van der Waals surface area contributed by atoms with Crippen molar-refractivity contribution in [1.82, 2.24) is 10.2 Å². The van der Waals surface area contributed by atoms with Crippen LogP contribution in [0.4, 0.5) is 0 Å². The van der Waals surface area contributed by atoms with Crippen molar-refractivity contribution >= 4 is 10.8 Å². The molecule has 0 aliphatic carbocycles. The summed E-state index contributed by atoms with van der Waals surface area (Å²) < 4.78 is 11.1. The second-order valence-electron chi connectivity index (χ2n) is 8.16. The van der Waals surface area contributed by atoms with Gasteiger partial charge in [-0.1, -0.05) is 42.5 Å². The van der Waals surface area contributed by atoms with E-state index in [0.29, 0.717) is 12.6 Å². The lowest BCUT2D eigenvalue weighted by molar-refractivity contribution is 0.104. The monoisotopic (exact) mass is 420 g/mol. The molecule has 0 unspecified atom stereocenters. The molecule has 3 aromatic rings. The molecule has 4 rings (SSSR count). The summed E-state index contributed by atoms with van der Waals surface area (Å²) in [6.07, 6.45) is 1.92. The molecule has 2 N–H and O–H groups in total. The maximum absolute atomic E-state index is 10.4. The van der Waals surface area contributed by atoms with Gasteiger partial charge in [0, 0.05) is 19.1 Å². The molecule has 5 heteroatoms. The molecule has 3 aromatic carbocycles. The highest BCUT2D eigenvalue weighted by atomic mass is 16.5. The van der Waals surface area contributed by atoms with E-state index in [1.807, 2.05) is 42.5 Å². The summed E-state index contributed by atoms with van der Waals surface area (Å²) in [5.74, 6) is 1.66. The third-order valence-corrected chi connectivity index (χ3v) is 5.96. The molecular formula is C26H32N2O3. The highest BCUT2D eigenvalue weighted by Crippen LogP contribution is 2.26. The first kappa shape index (κ1) is 21.6. The van der Waals surface area contributed by atoms with Crippen molar-refractivity contribution < 1.29 is 14.6 Å². The minimum absolute atomic E-state index is 0.266. The minimum Gasteiger partial charge on any atom is -0.497 e. The summed E-state index contributed by atoms with van der Waals surface area (Å²) in [6, 6.07) is 22.8. The van der Waals surface area contributed by atoms with E-state index in [1.165, 1.54) is 23.8 Å². The Kier molecular flexibility index (Phi) is 7.41. The molecular weight excluding hydrogens is 388 g/mol. The number of likely N-dealkylation sites (tertiary alicyclic amines) is 1. The summed E-state index contributed by atoms with van der Waals surface area (Å²) in [5, 5.41) is 16.2. The third kappa shape index (κ3) is 5.76. The smallest absolute Gasteiger partial charge is 0.120 e. The highest BCUT2D eigenvalue weighted by Gasteiger charge is 2.23. The molecule has 0 saturated carbocycles. The Labute approximate surface area is 184 Å². The Morgan fingerprint density at radius 3 is 2.35 bits per heavy atom. The molecule has 1 aliphatic heterocycles. The summed E-state index contributed by atoms with van der Waals surface area (Å²) >= 11 is 0. The molecule has 0 bridgehead atoms. The molecule has 1 saturated heterocycles. The fourth-order valence-electron chi connectivity index (χ4n) is 4.23. The number of hydrogen-bond donors (Lipinski definition) is 2. The first-order valence-corrected chi connectivity index (χ1v) is 11.1. The Bertz CT molecular complexity index is 954. The summed E-state index contributed by atoms with van der Waals surface area (Å²) in [4.78, 5) is 2.52. The van der Waals surface area contributed by atoms with Gasteiger partial charge in [0.2, 0.25) is 0 Å². The third-order valence-electron chi connectivity index (χ3n) is 5.96. The van der Waals surface area contributed by atoms with E-state index in [1.54, 1.807) is 7.11 Å². The number of methoxy groups -OCH3 is 1. The van der Waals surface area contributed by atoms with E-state index < -0.39 is 6.10 Å². The standard InChI is InChI=1S/C26H32N2O3/c1-30-24-11-9-21(10-12-24)26(28-14-4-5-15-28)18-27-17-23(29)19-31-25-13-8-20-6-2-3-7-22(20)16-25/h2-3,6-13,16,23,26-27,29H,4-5,14-15,17-19H2,1H3/t23-,26+/m1/s1. The molecule has 0 spiro atoms.